The molecule has 6 nitrogen and oxygen atoms in total. The Labute approximate surface area is 109 Å². The van der Waals surface area contributed by atoms with Crippen molar-refractivity contribution >= 4 is 27.0 Å². The maximum Gasteiger partial charge on any atom is 0.309 e. The minimum atomic E-state index is -3.61. The molecule has 7 heteroatoms. The first-order chi connectivity index (χ1) is 8.98. The van der Waals surface area contributed by atoms with Gasteiger partial charge in [-0.1, -0.05) is 0 Å². The molecule has 3 rings (SSSR count). The highest BCUT2D eigenvalue weighted by molar-refractivity contribution is 7.89. The molecule has 1 N–H and O–H groups in total. The van der Waals surface area contributed by atoms with Crippen molar-refractivity contribution in [3.05, 3.63) is 30.5 Å². The van der Waals surface area contributed by atoms with Crippen molar-refractivity contribution in [1.29, 1.82) is 0 Å². The minimum Gasteiger partial charge on any atom is -0.481 e. The Bertz CT molecular complexity index is 742. The molecular formula is C12H11NO5S. The summed E-state index contributed by atoms with van der Waals surface area (Å²) in [5.41, 5.74) is 0.617. The fourth-order valence-electron chi connectivity index (χ4n) is 2.04. The average molecular weight is 281 g/mol. The molecule has 1 fully saturated rings. The van der Waals surface area contributed by atoms with Crippen LogP contribution in [0.1, 0.15) is 0 Å². The highest BCUT2D eigenvalue weighted by Gasteiger charge is 2.40. The van der Waals surface area contributed by atoms with Crippen molar-refractivity contribution in [2.45, 2.75) is 4.90 Å². The number of rotatable bonds is 3. The molecule has 0 unspecified atom stereocenters. The van der Waals surface area contributed by atoms with Crippen molar-refractivity contribution in [3.8, 4) is 0 Å². The highest BCUT2D eigenvalue weighted by atomic mass is 32.2. The summed E-state index contributed by atoms with van der Waals surface area (Å²) >= 11 is 0. The number of hydrogen-bond acceptors (Lipinski definition) is 4. The van der Waals surface area contributed by atoms with Gasteiger partial charge in [-0.2, -0.15) is 4.31 Å². The van der Waals surface area contributed by atoms with Gasteiger partial charge in [0.25, 0.3) is 0 Å². The molecule has 2 heterocycles. The molecule has 1 saturated heterocycles. The van der Waals surface area contributed by atoms with Gasteiger partial charge in [0.15, 0.2) is 0 Å². The number of benzene rings is 1. The average Bonchev–Trinajstić information content (AvgIpc) is 2.72. The monoisotopic (exact) mass is 281 g/mol. The number of aliphatic carboxylic acids is 1. The summed E-state index contributed by atoms with van der Waals surface area (Å²) in [6.45, 7) is 0.0577. The van der Waals surface area contributed by atoms with E-state index in [1.807, 2.05) is 0 Å². The molecule has 0 spiro atoms. The molecule has 100 valence electrons. The van der Waals surface area contributed by atoms with Crippen LogP contribution < -0.4 is 0 Å². The number of furan rings is 1. The predicted octanol–water partition coefficient (Wildman–Crippen LogP) is 1.14. The van der Waals surface area contributed by atoms with Crippen LogP contribution in [-0.2, 0) is 14.8 Å². The number of carboxylic acids is 1. The van der Waals surface area contributed by atoms with Crippen LogP contribution in [0.3, 0.4) is 0 Å². The van der Waals surface area contributed by atoms with Crippen LogP contribution >= 0.6 is 0 Å². The van der Waals surface area contributed by atoms with Crippen LogP contribution in [0, 0.1) is 5.92 Å². The van der Waals surface area contributed by atoms with Crippen LogP contribution in [-0.4, -0.2) is 36.9 Å². The number of fused-ring (bicyclic) bond motifs is 1. The van der Waals surface area contributed by atoms with E-state index in [0.717, 1.165) is 0 Å². The molecule has 0 saturated carbocycles. The summed E-state index contributed by atoms with van der Waals surface area (Å²) in [5, 5.41) is 9.47. The molecule has 1 aromatic carbocycles. The SMILES string of the molecule is O=C(O)C1CN(S(=O)(=O)c2ccc3occc3c2)C1. The molecule has 0 aliphatic carbocycles. The summed E-state index contributed by atoms with van der Waals surface area (Å²) in [4.78, 5) is 10.9. The third-order valence-electron chi connectivity index (χ3n) is 3.26. The maximum absolute atomic E-state index is 12.3. The summed E-state index contributed by atoms with van der Waals surface area (Å²) in [5.74, 6) is -1.57. The van der Waals surface area contributed by atoms with E-state index < -0.39 is 21.9 Å². The van der Waals surface area contributed by atoms with Crippen molar-refractivity contribution in [3.63, 3.8) is 0 Å². The van der Waals surface area contributed by atoms with Crippen molar-refractivity contribution in [1.82, 2.24) is 4.31 Å². The van der Waals surface area contributed by atoms with Gasteiger partial charge in [0, 0.05) is 18.5 Å². The van der Waals surface area contributed by atoms with Gasteiger partial charge < -0.3 is 9.52 Å². The first-order valence-corrected chi connectivity index (χ1v) is 7.13. The Balaban J connectivity index is 1.90. The van der Waals surface area contributed by atoms with Gasteiger partial charge in [0.05, 0.1) is 17.1 Å². The molecular weight excluding hydrogens is 270 g/mol. The zero-order valence-electron chi connectivity index (χ0n) is 9.81. The van der Waals surface area contributed by atoms with Gasteiger partial charge in [0.1, 0.15) is 5.58 Å². The van der Waals surface area contributed by atoms with E-state index in [1.54, 1.807) is 12.1 Å². The topological polar surface area (TPSA) is 87.8 Å². The van der Waals surface area contributed by atoms with Crippen LogP contribution in [0.15, 0.2) is 39.8 Å². The molecule has 1 aliphatic rings. The van der Waals surface area contributed by atoms with E-state index in [4.69, 9.17) is 9.52 Å². The van der Waals surface area contributed by atoms with Gasteiger partial charge >= 0.3 is 5.97 Å². The summed E-state index contributed by atoms with van der Waals surface area (Å²) in [6.07, 6.45) is 1.49. The van der Waals surface area contributed by atoms with E-state index in [2.05, 4.69) is 0 Å². The largest absolute Gasteiger partial charge is 0.481 e. The number of carboxylic acid groups (broad SMARTS) is 1. The Morgan fingerprint density at radius 2 is 2.05 bits per heavy atom. The Hall–Kier alpha value is -1.86. The second kappa shape index (κ2) is 4.07. The standard InChI is InChI=1S/C12H11NO5S/c14-12(15)9-6-13(7-9)19(16,17)10-1-2-11-8(5-10)3-4-18-11/h1-5,9H,6-7H2,(H,14,15). The van der Waals surface area contributed by atoms with Crippen LogP contribution in [0.5, 0.6) is 0 Å². The normalized spacial score (nSPS) is 17.5. The molecule has 1 aromatic heterocycles. The second-order valence-electron chi connectivity index (χ2n) is 4.48. The Morgan fingerprint density at radius 1 is 1.32 bits per heavy atom. The summed E-state index contributed by atoms with van der Waals surface area (Å²) < 4.78 is 30.8. The third kappa shape index (κ3) is 1.91. The number of hydrogen-bond donors (Lipinski definition) is 1. The summed E-state index contributed by atoms with van der Waals surface area (Å²) in [7, 11) is -3.61. The molecule has 0 radical (unpaired) electrons. The summed E-state index contributed by atoms with van der Waals surface area (Å²) in [6, 6.07) is 6.28. The zero-order chi connectivity index (χ0) is 13.6. The van der Waals surface area contributed by atoms with Crippen LogP contribution in [0.2, 0.25) is 0 Å². The van der Waals surface area contributed by atoms with E-state index in [1.165, 1.54) is 22.7 Å². The van der Waals surface area contributed by atoms with Gasteiger partial charge in [0.2, 0.25) is 10.0 Å². The fraction of sp³-hybridized carbons (Fsp3) is 0.250. The van der Waals surface area contributed by atoms with Gasteiger partial charge in [-0.25, -0.2) is 8.42 Å². The Morgan fingerprint density at radius 3 is 2.74 bits per heavy atom. The fourth-order valence-corrected chi connectivity index (χ4v) is 3.61. The predicted molar refractivity (Wildman–Crippen MR) is 66.1 cm³/mol. The van der Waals surface area contributed by atoms with Crippen LogP contribution in [0.4, 0.5) is 0 Å². The molecule has 0 amide bonds. The number of sulfonamides is 1. The first-order valence-electron chi connectivity index (χ1n) is 5.69. The van der Waals surface area contributed by atoms with E-state index in [9.17, 15) is 13.2 Å². The lowest BCUT2D eigenvalue weighted by Crippen LogP contribution is -2.52. The third-order valence-corrected chi connectivity index (χ3v) is 5.09. The number of carbonyl (C=O) groups is 1. The van der Waals surface area contributed by atoms with Crippen molar-refractivity contribution in [2.24, 2.45) is 5.92 Å². The molecule has 0 bridgehead atoms. The van der Waals surface area contributed by atoms with Gasteiger partial charge in [-0.15, -0.1) is 0 Å². The highest BCUT2D eigenvalue weighted by Crippen LogP contribution is 2.27. The lowest BCUT2D eigenvalue weighted by atomic mass is 10.0. The van der Waals surface area contributed by atoms with Gasteiger partial charge in [-0.05, 0) is 24.3 Å². The number of nitrogens with zero attached hydrogens (tertiary/aromatic N) is 1. The lowest BCUT2D eigenvalue weighted by Gasteiger charge is -2.35. The second-order valence-corrected chi connectivity index (χ2v) is 6.42. The van der Waals surface area contributed by atoms with Gasteiger partial charge in [-0.3, -0.25) is 4.79 Å². The lowest BCUT2D eigenvalue weighted by molar-refractivity contribution is -0.145. The van der Waals surface area contributed by atoms with E-state index in [0.29, 0.717) is 11.0 Å². The minimum absolute atomic E-state index is 0.0289. The molecule has 1 aliphatic heterocycles. The Kier molecular flexibility index (Phi) is 2.61. The smallest absolute Gasteiger partial charge is 0.309 e. The molecule has 19 heavy (non-hydrogen) atoms. The molecule has 2 aromatic rings. The van der Waals surface area contributed by atoms with E-state index in [-0.39, 0.29) is 18.0 Å². The quantitative estimate of drug-likeness (QED) is 0.911. The molecule has 0 atom stereocenters. The first kappa shape index (κ1) is 12.2. The maximum atomic E-state index is 12.3. The zero-order valence-corrected chi connectivity index (χ0v) is 10.6. The van der Waals surface area contributed by atoms with E-state index >= 15 is 0 Å². The van der Waals surface area contributed by atoms with Crippen LogP contribution in [0.25, 0.3) is 11.0 Å². The van der Waals surface area contributed by atoms with Crippen molar-refractivity contribution < 1.29 is 22.7 Å². The van der Waals surface area contributed by atoms with Crippen molar-refractivity contribution in [2.75, 3.05) is 13.1 Å².